The maximum Gasteiger partial charge on any atom is 0.257 e. The molecule has 1 aliphatic heterocycles. The molecule has 0 radical (unpaired) electrons. The summed E-state index contributed by atoms with van der Waals surface area (Å²) in [5.74, 6) is -0.127. The van der Waals surface area contributed by atoms with Crippen molar-refractivity contribution in [2.24, 2.45) is 0 Å². The number of halogens is 1. The lowest BCUT2D eigenvalue weighted by molar-refractivity contribution is 0.0708. The second kappa shape index (κ2) is 5.22. The van der Waals surface area contributed by atoms with Gasteiger partial charge in [-0.3, -0.25) is 4.79 Å². The Labute approximate surface area is 114 Å². The van der Waals surface area contributed by atoms with Gasteiger partial charge in [-0.1, -0.05) is 0 Å². The lowest BCUT2D eigenvalue weighted by atomic mass is 10.1. The highest BCUT2D eigenvalue weighted by molar-refractivity contribution is 14.1. The molecule has 1 N–H and O–H groups in total. The Morgan fingerprint density at radius 1 is 1.59 bits per heavy atom. The number of likely N-dealkylation sites (N-methyl/N-ethyl adjacent to an activating group) is 1. The summed E-state index contributed by atoms with van der Waals surface area (Å²) < 4.78 is 6.19. The number of nitrogens with zero attached hydrogens (tertiary/aromatic N) is 1. The molecule has 17 heavy (non-hydrogen) atoms. The fourth-order valence-electron chi connectivity index (χ4n) is 1.86. The van der Waals surface area contributed by atoms with E-state index in [0.29, 0.717) is 18.8 Å². The third-order valence-electron chi connectivity index (χ3n) is 2.96. The molecule has 0 saturated carbocycles. The van der Waals surface area contributed by atoms with Crippen LogP contribution in [-0.4, -0.2) is 42.2 Å². The minimum absolute atomic E-state index is 0.0289. The number of phenolic OH excluding ortho intramolecular Hbond substituents is 1. The highest BCUT2D eigenvalue weighted by Crippen LogP contribution is 2.23. The molecular weight excluding hydrogens is 333 g/mol. The second-order valence-corrected chi connectivity index (χ2v) is 5.34. The van der Waals surface area contributed by atoms with E-state index in [0.717, 1.165) is 9.99 Å². The quantitative estimate of drug-likeness (QED) is 0.831. The summed E-state index contributed by atoms with van der Waals surface area (Å²) in [5, 5.41) is 9.71. The Hall–Kier alpha value is -0.820. The monoisotopic (exact) mass is 347 g/mol. The number of hydrogen-bond acceptors (Lipinski definition) is 3. The topological polar surface area (TPSA) is 49.8 Å². The van der Waals surface area contributed by atoms with Crippen LogP contribution in [0.3, 0.4) is 0 Å². The van der Waals surface area contributed by atoms with Gasteiger partial charge in [-0.05, 0) is 47.2 Å². The van der Waals surface area contributed by atoms with Gasteiger partial charge in [-0.15, -0.1) is 0 Å². The third-order valence-corrected chi connectivity index (χ3v) is 3.63. The number of rotatable bonds is 2. The summed E-state index contributed by atoms with van der Waals surface area (Å²) >= 11 is 2.12. The van der Waals surface area contributed by atoms with Crippen LogP contribution in [0.2, 0.25) is 0 Å². The standard InChI is InChI=1S/C12H14INO3/c1-14(9-4-5-17-7-9)12(16)10-6-8(13)2-3-11(10)15/h2-3,6,9,15H,4-5,7H2,1H3. The minimum atomic E-state index is -0.156. The summed E-state index contributed by atoms with van der Waals surface area (Å²) in [7, 11) is 1.75. The summed E-state index contributed by atoms with van der Waals surface area (Å²) in [6, 6.07) is 5.13. The lowest BCUT2D eigenvalue weighted by Crippen LogP contribution is -2.37. The van der Waals surface area contributed by atoms with Crippen molar-refractivity contribution in [3.8, 4) is 5.75 Å². The highest BCUT2D eigenvalue weighted by Gasteiger charge is 2.26. The number of amides is 1. The zero-order chi connectivity index (χ0) is 12.4. The molecule has 0 bridgehead atoms. The van der Waals surface area contributed by atoms with E-state index >= 15 is 0 Å². The number of carbonyl (C=O) groups is 1. The van der Waals surface area contributed by atoms with E-state index < -0.39 is 0 Å². The highest BCUT2D eigenvalue weighted by atomic mass is 127. The van der Waals surface area contributed by atoms with Crippen LogP contribution in [-0.2, 0) is 4.74 Å². The Balaban J connectivity index is 2.20. The van der Waals surface area contributed by atoms with Crippen molar-refractivity contribution in [2.75, 3.05) is 20.3 Å². The molecule has 1 fully saturated rings. The molecule has 1 amide bonds. The summed E-state index contributed by atoms with van der Waals surface area (Å²) in [6.07, 6.45) is 0.854. The van der Waals surface area contributed by atoms with Crippen LogP contribution in [0.15, 0.2) is 18.2 Å². The van der Waals surface area contributed by atoms with Crippen LogP contribution in [0, 0.1) is 3.57 Å². The van der Waals surface area contributed by atoms with E-state index in [4.69, 9.17) is 4.74 Å². The van der Waals surface area contributed by atoms with Crippen molar-refractivity contribution < 1.29 is 14.6 Å². The van der Waals surface area contributed by atoms with Crippen LogP contribution in [0.4, 0.5) is 0 Å². The number of benzene rings is 1. The van der Waals surface area contributed by atoms with Gasteiger partial charge < -0.3 is 14.7 Å². The molecule has 92 valence electrons. The first-order valence-electron chi connectivity index (χ1n) is 5.43. The van der Waals surface area contributed by atoms with Gasteiger partial charge in [-0.2, -0.15) is 0 Å². The molecule has 0 aliphatic carbocycles. The minimum Gasteiger partial charge on any atom is -0.507 e. The first-order valence-corrected chi connectivity index (χ1v) is 6.51. The molecule has 1 aliphatic rings. The van der Waals surface area contributed by atoms with Crippen molar-refractivity contribution in [1.29, 1.82) is 0 Å². The molecule has 1 atom stereocenters. The first kappa shape index (κ1) is 12.6. The van der Waals surface area contributed by atoms with Crippen LogP contribution >= 0.6 is 22.6 Å². The van der Waals surface area contributed by atoms with Gasteiger partial charge in [0.15, 0.2) is 0 Å². The van der Waals surface area contributed by atoms with Crippen molar-refractivity contribution in [3.63, 3.8) is 0 Å². The second-order valence-electron chi connectivity index (χ2n) is 4.09. The Bertz CT molecular complexity index is 430. The van der Waals surface area contributed by atoms with Crippen LogP contribution in [0.25, 0.3) is 0 Å². The van der Waals surface area contributed by atoms with E-state index in [1.54, 1.807) is 30.1 Å². The molecule has 1 aromatic carbocycles. The van der Waals surface area contributed by atoms with Gasteiger partial charge in [0.2, 0.25) is 0 Å². The Kier molecular flexibility index (Phi) is 3.88. The fourth-order valence-corrected chi connectivity index (χ4v) is 2.35. The van der Waals surface area contributed by atoms with Crippen LogP contribution < -0.4 is 0 Å². The molecule has 0 aromatic heterocycles. The predicted molar refractivity (Wildman–Crippen MR) is 72.1 cm³/mol. The molecule has 5 heteroatoms. The summed E-state index contributed by atoms with van der Waals surface area (Å²) in [4.78, 5) is 13.9. The Morgan fingerprint density at radius 2 is 2.35 bits per heavy atom. The average molecular weight is 347 g/mol. The number of hydrogen-bond donors (Lipinski definition) is 1. The van der Waals surface area contributed by atoms with Crippen LogP contribution in [0.5, 0.6) is 5.75 Å². The maximum absolute atomic E-state index is 12.2. The number of phenols is 1. The van der Waals surface area contributed by atoms with Gasteiger partial charge in [0.05, 0.1) is 18.2 Å². The molecule has 1 aromatic rings. The SMILES string of the molecule is CN(C(=O)c1cc(I)ccc1O)C1CCOC1. The van der Waals surface area contributed by atoms with Gasteiger partial charge in [0, 0.05) is 17.2 Å². The zero-order valence-corrected chi connectivity index (χ0v) is 11.7. The normalized spacial score (nSPS) is 19.3. The average Bonchev–Trinajstić information content (AvgIpc) is 2.84. The molecule has 1 unspecified atom stereocenters. The largest absolute Gasteiger partial charge is 0.507 e. The van der Waals surface area contributed by atoms with E-state index in [2.05, 4.69) is 22.6 Å². The third kappa shape index (κ3) is 2.71. The Morgan fingerprint density at radius 3 is 3.00 bits per heavy atom. The van der Waals surface area contributed by atoms with Crippen molar-refractivity contribution in [2.45, 2.75) is 12.5 Å². The molecule has 2 rings (SSSR count). The first-order chi connectivity index (χ1) is 8.09. The van der Waals surface area contributed by atoms with Gasteiger partial charge in [0.1, 0.15) is 5.75 Å². The zero-order valence-electron chi connectivity index (χ0n) is 9.52. The van der Waals surface area contributed by atoms with E-state index in [9.17, 15) is 9.90 Å². The summed E-state index contributed by atoms with van der Waals surface area (Å²) in [6.45, 7) is 1.27. The van der Waals surface area contributed by atoms with Crippen molar-refractivity contribution in [1.82, 2.24) is 4.90 Å². The van der Waals surface area contributed by atoms with Gasteiger partial charge in [0.25, 0.3) is 5.91 Å². The fraction of sp³-hybridized carbons (Fsp3) is 0.417. The maximum atomic E-state index is 12.2. The molecule has 4 nitrogen and oxygen atoms in total. The number of ether oxygens (including phenoxy) is 1. The van der Waals surface area contributed by atoms with Gasteiger partial charge in [-0.25, -0.2) is 0 Å². The van der Waals surface area contributed by atoms with E-state index in [-0.39, 0.29) is 17.7 Å². The number of carbonyl (C=O) groups excluding carboxylic acids is 1. The number of aromatic hydroxyl groups is 1. The molecule has 1 heterocycles. The van der Waals surface area contributed by atoms with Gasteiger partial charge >= 0.3 is 0 Å². The molecule has 0 spiro atoms. The molecular formula is C12H14INO3. The van der Waals surface area contributed by atoms with E-state index in [1.807, 2.05) is 0 Å². The van der Waals surface area contributed by atoms with Crippen molar-refractivity contribution in [3.05, 3.63) is 27.3 Å². The lowest BCUT2D eigenvalue weighted by Gasteiger charge is -2.23. The predicted octanol–water partition coefficient (Wildman–Crippen LogP) is 1.86. The summed E-state index contributed by atoms with van der Waals surface area (Å²) in [5.41, 5.74) is 0.353. The smallest absolute Gasteiger partial charge is 0.257 e. The molecule has 1 saturated heterocycles. The van der Waals surface area contributed by atoms with Crippen LogP contribution in [0.1, 0.15) is 16.8 Å². The van der Waals surface area contributed by atoms with E-state index in [1.165, 1.54) is 0 Å². The van der Waals surface area contributed by atoms with Crippen molar-refractivity contribution >= 4 is 28.5 Å².